The van der Waals surface area contributed by atoms with E-state index in [1.165, 1.54) is 0 Å². The first-order valence-electron chi connectivity index (χ1n) is 4.91. The molecule has 14 heavy (non-hydrogen) atoms. The van der Waals surface area contributed by atoms with Gasteiger partial charge < -0.3 is 10.0 Å². The van der Waals surface area contributed by atoms with Crippen molar-refractivity contribution < 1.29 is 14.7 Å². The van der Waals surface area contributed by atoms with Gasteiger partial charge in [0.15, 0.2) is 0 Å². The van der Waals surface area contributed by atoms with Gasteiger partial charge in [-0.2, -0.15) is 0 Å². The molecule has 0 saturated carbocycles. The minimum absolute atomic E-state index is 0.0231. The lowest BCUT2D eigenvalue weighted by atomic mass is 9.89. The third-order valence-electron chi connectivity index (χ3n) is 2.88. The molecule has 0 aromatic heterocycles. The topological polar surface area (TPSA) is 57.6 Å². The summed E-state index contributed by atoms with van der Waals surface area (Å²) < 4.78 is 0. The SMILES string of the molecule is CC(C)[C@@H]1[C@@H](CC(=O)O)CC(=O)N1C. The van der Waals surface area contributed by atoms with Crippen LogP contribution in [0.3, 0.4) is 0 Å². The molecule has 4 heteroatoms. The third-order valence-corrected chi connectivity index (χ3v) is 2.88. The van der Waals surface area contributed by atoms with Gasteiger partial charge in [-0.25, -0.2) is 0 Å². The Morgan fingerprint density at radius 1 is 1.64 bits per heavy atom. The van der Waals surface area contributed by atoms with Crippen molar-refractivity contribution in [3.63, 3.8) is 0 Å². The van der Waals surface area contributed by atoms with E-state index in [0.717, 1.165) is 0 Å². The Morgan fingerprint density at radius 2 is 2.21 bits per heavy atom. The molecule has 1 N–H and O–H groups in total. The van der Waals surface area contributed by atoms with Crippen molar-refractivity contribution in [3.8, 4) is 0 Å². The van der Waals surface area contributed by atoms with Gasteiger partial charge in [-0.3, -0.25) is 9.59 Å². The highest BCUT2D eigenvalue weighted by molar-refractivity contribution is 5.80. The molecule has 1 saturated heterocycles. The summed E-state index contributed by atoms with van der Waals surface area (Å²) in [6, 6.07) is 0.0820. The van der Waals surface area contributed by atoms with Gasteiger partial charge in [0.2, 0.25) is 5.91 Å². The summed E-state index contributed by atoms with van der Waals surface area (Å²) >= 11 is 0. The monoisotopic (exact) mass is 199 g/mol. The largest absolute Gasteiger partial charge is 0.481 e. The zero-order valence-electron chi connectivity index (χ0n) is 8.86. The molecular weight excluding hydrogens is 182 g/mol. The van der Waals surface area contributed by atoms with Gasteiger partial charge in [0.05, 0.1) is 6.42 Å². The minimum atomic E-state index is -0.816. The van der Waals surface area contributed by atoms with E-state index in [-0.39, 0.29) is 24.3 Å². The summed E-state index contributed by atoms with van der Waals surface area (Å²) in [6.07, 6.45) is 0.477. The molecule has 0 aliphatic carbocycles. The van der Waals surface area contributed by atoms with Crippen molar-refractivity contribution >= 4 is 11.9 Å². The number of carboxylic acids is 1. The zero-order chi connectivity index (χ0) is 10.9. The minimum Gasteiger partial charge on any atom is -0.481 e. The molecular formula is C10H17NO3. The molecule has 80 valence electrons. The molecule has 0 bridgehead atoms. The van der Waals surface area contributed by atoms with Gasteiger partial charge in [0.1, 0.15) is 0 Å². The molecule has 4 nitrogen and oxygen atoms in total. The number of carboxylic acid groups (broad SMARTS) is 1. The molecule has 1 heterocycles. The van der Waals surface area contributed by atoms with Crippen LogP contribution < -0.4 is 0 Å². The molecule has 1 amide bonds. The Balaban J connectivity index is 2.74. The molecule has 0 unspecified atom stereocenters. The number of nitrogens with zero attached hydrogens (tertiary/aromatic N) is 1. The Morgan fingerprint density at radius 3 is 2.64 bits per heavy atom. The lowest BCUT2D eigenvalue weighted by Crippen LogP contribution is -2.36. The molecule has 1 aliphatic heterocycles. The molecule has 0 spiro atoms. The predicted molar refractivity (Wildman–Crippen MR) is 51.8 cm³/mol. The number of hydrogen-bond donors (Lipinski definition) is 1. The van der Waals surface area contributed by atoms with Crippen molar-refractivity contribution in [2.45, 2.75) is 32.7 Å². The number of likely N-dealkylation sites (tertiary alicyclic amines) is 1. The van der Waals surface area contributed by atoms with E-state index in [0.29, 0.717) is 12.3 Å². The van der Waals surface area contributed by atoms with Gasteiger partial charge in [-0.1, -0.05) is 13.8 Å². The van der Waals surface area contributed by atoms with Crippen molar-refractivity contribution in [3.05, 3.63) is 0 Å². The highest BCUT2D eigenvalue weighted by atomic mass is 16.4. The summed E-state index contributed by atoms with van der Waals surface area (Å²) in [5.74, 6) is -0.459. The lowest BCUT2D eigenvalue weighted by Gasteiger charge is -2.27. The maximum Gasteiger partial charge on any atom is 0.303 e. The van der Waals surface area contributed by atoms with Crippen LogP contribution in [0.25, 0.3) is 0 Å². The second-order valence-electron chi connectivity index (χ2n) is 4.30. The van der Waals surface area contributed by atoms with Crippen LogP contribution in [-0.4, -0.2) is 35.0 Å². The summed E-state index contributed by atoms with van der Waals surface area (Å²) in [7, 11) is 1.76. The van der Waals surface area contributed by atoms with Crippen LogP contribution in [0.2, 0.25) is 0 Å². The van der Waals surface area contributed by atoms with Gasteiger partial charge in [-0.05, 0) is 11.8 Å². The second kappa shape index (κ2) is 3.98. The van der Waals surface area contributed by atoms with Crippen LogP contribution >= 0.6 is 0 Å². The average molecular weight is 199 g/mol. The fraction of sp³-hybridized carbons (Fsp3) is 0.800. The maximum absolute atomic E-state index is 11.4. The van der Waals surface area contributed by atoms with Crippen molar-refractivity contribution in [1.29, 1.82) is 0 Å². The number of carbonyl (C=O) groups excluding carboxylic acids is 1. The number of aliphatic carboxylic acids is 1. The first-order valence-corrected chi connectivity index (χ1v) is 4.91. The van der Waals surface area contributed by atoms with Crippen molar-refractivity contribution in [2.75, 3.05) is 7.05 Å². The first kappa shape index (κ1) is 11.0. The summed E-state index contributed by atoms with van der Waals surface area (Å²) in [6.45, 7) is 4.04. The van der Waals surface area contributed by atoms with Crippen molar-refractivity contribution in [1.82, 2.24) is 4.90 Å². The standard InChI is InChI=1S/C10H17NO3/c1-6(2)10-7(5-9(13)14)4-8(12)11(10)3/h6-7,10H,4-5H2,1-3H3,(H,13,14)/t7-,10-/m1/s1. The number of hydrogen-bond acceptors (Lipinski definition) is 2. The van der Waals surface area contributed by atoms with E-state index in [1.807, 2.05) is 13.8 Å². The second-order valence-corrected chi connectivity index (χ2v) is 4.30. The maximum atomic E-state index is 11.4. The summed E-state index contributed by atoms with van der Waals surface area (Å²) in [5, 5.41) is 8.72. The van der Waals surface area contributed by atoms with Crippen molar-refractivity contribution in [2.24, 2.45) is 11.8 Å². The Labute approximate surface area is 83.9 Å². The third kappa shape index (κ3) is 2.05. The fourth-order valence-electron chi connectivity index (χ4n) is 2.38. The Kier molecular flexibility index (Phi) is 3.13. The lowest BCUT2D eigenvalue weighted by molar-refractivity contribution is -0.138. The number of rotatable bonds is 3. The van der Waals surface area contributed by atoms with Crippen LogP contribution in [-0.2, 0) is 9.59 Å². The molecule has 1 fully saturated rings. The van der Waals surface area contributed by atoms with Crippen LogP contribution in [0.5, 0.6) is 0 Å². The highest BCUT2D eigenvalue weighted by Gasteiger charge is 2.39. The molecule has 0 radical (unpaired) electrons. The van der Waals surface area contributed by atoms with E-state index in [2.05, 4.69) is 0 Å². The van der Waals surface area contributed by atoms with E-state index in [9.17, 15) is 9.59 Å². The molecule has 1 rings (SSSR count). The average Bonchev–Trinajstić information content (AvgIpc) is 2.26. The van der Waals surface area contributed by atoms with E-state index < -0.39 is 5.97 Å². The first-order chi connectivity index (χ1) is 6.43. The number of carbonyl (C=O) groups is 2. The molecule has 1 aliphatic rings. The van der Waals surface area contributed by atoms with Gasteiger partial charge >= 0.3 is 5.97 Å². The van der Waals surface area contributed by atoms with E-state index in [1.54, 1.807) is 11.9 Å². The number of amides is 1. The van der Waals surface area contributed by atoms with E-state index >= 15 is 0 Å². The van der Waals surface area contributed by atoms with Gasteiger partial charge in [0, 0.05) is 19.5 Å². The van der Waals surface area contributed by atoms with Crippen LogP contribution in [0.4, 0.5) is 0 Å². The quantitative estimate of drug-likeness (QED) is 0.736. The van der Waals surface area contributed by atoms with Gasteiger partial charge in [-0.15, -0.1) is 0 Å². The van der Waals surface area contributed by atoms with Crippen LogP contribution in [0, 0.1) is 11.8 Å². The van der Waals surface area contributed by atoms with Crippen LogP contribution in [0.15, 0.2) is 0 Å². The van der Waals surface area contributed by atoms with E-state index in [4.69, 9.17) is 5.11 Å². The zero-order valence-corrected chi connectivity index (χ0v) is 8.86. The highest BCUT2D eigenvalue weighted by Crippen LogP contribution is 2.31. The van der Waals surface area contributed by atoms with Gasteiger partial charge in [0.25, 0.3) is 0 Å². The normalized spacial score (nSPS) is 27.4. The van der Waals surface area contributed by atoms with Crippen LogP contribution in [0.1, 0.15) is 26.7 Å². The predicted octanol–water partition coefficient (Wildman–Crippen LogP) is 0.964. The molecule has 2 atom stereocenters. The molecule has 0 aromatic carbocycles. The molecule has 0 aromatic rings. The summed E-state index contributed by atoms with van der Waals surface area (Å²) in [4.78, 5) is 23.7. The Bertz CT molecular complexity index is 248. The fourth-order valence-corrected chi connectivity index (χ4v) is 2.38. The summed E-state index contributed by atoms with van der Waals surface area (Å²) in [5.41, 5.74) is 0. The Hall–Kier alpha value is -1.06. The smallest absolute Gasteiger partial charge is 0.303 e.